The van der Waals surface area contributed by atoms with Gasteiger partial charge in [-0.05, 0) is 43.9 Å². The number of nitrogens with one attached hydrogen (secondary N) is 1. The molecule has 140 valence electrons. The normalized spacial score (nSPS) is 16.5. The summed E-state index contributed by atoms with van der Waals surface area (Å²) in [5.41, 5.74) is 0.996. The molecular formula is C19H25FN4OS. The minimum Gasteiger partial charge on any atom is -0.353 e. The van der Waals surface area contributed by atoms with Gasteiger partial charge in [0, 0.05) is 43.0 Å². The number of rotatable bonds is 6. The molecule has 1 amide bonds. The fourth-order valence-corrected chi connectivity index (χ4v) is 3.76. The van der Waals surface area contributed by atoms with Gasteiger partial charge in [-0.1, -0.05) is 19.1 Å². The van der Waals surface area contributed by atoms with Crippen molar-refractivity contribution in [3.63, 3.8) is 0 Å². The van der Waals surface area contributed by atoms with Crippen molar-refractivity contribution >= 4 is 22.6 Å². The predicted octanol–water partition coefficient (Wildman–Crippen LogP) is 3.40. The number of carbonyl (C=O) groups is 1. The van der Waals surface area contributed by atoms with Crippen molar-refractivity contribution in [3.8, 4) is 0 Å². The van der Waals surface area contributed by atoms with Crippen molar-refractivity contribution in [3.05, 3.63) is 41.5 Å². The van der Waals surface area contributed by atoms with Crippen LogP contribution in [0.25, 0.3) is 0 Å². The van der Waals surface area contributed by atoms with E-state index in [9.17, 15) is 9.18 Å². The van der Waals surface area contributed by atoms with Crippen LogP contribution in [-0.2, 0) is 11.2 Å². The SMILES string of the molecule is CC[C@@H](C)NC(=O)C1CCN(c2nc(Cc3ccc(F)cc3)ns2)CC1. The number of halogens is 1. The summed E-state index contributed by atoms with van der Waals surface area (Å²) < 4.78 is 17.4. The summed E-state index contributed by atoms with van der Waals surface area (Å²) >= 11 is 1.39. The molecule has 1 aromatic heterocycles. The summed E-state index contributed by atoms with van der Waals surface area (Å²) in [4.78, 5) is 19.1. The third kappa shape index (κ3) is 4.78. The molecule has 1 fully saturated rings. The maximum atomic E-state index is 13.0. The van der Waals surface area contributed by atoms with Crippen LogP contribution in [0.2, 0.25) is 0 Å². The van der Waals surface area contributed by atoms with E-state index < -0.39 is 0 Å². The highest BCUT2D eigenvalue weighted by atomic mass is 32.1. The minimum absolute atomic E-state index is 0.0897. The van der Waals surface area contributed by atoms with E-state index in [1.165, 1.54) is 23.7 Å². The second-order valence-electron chi connectivity index (χ2n) is 6.88. The lowest BCUT2D eigenvalue weighted by Crippen LogP contribution is -2.43. The number of amides is 1. The Morgan fingerprint density at radius 3 is 2.69 bits per heavy atom. The summed E-state index contributed by atoms with van der Waals surface area (Å²) in [6.07, 6.45) is 3.24. The first-order valence-corrected chi connectivity index (χ1v) is 9.95. The van der Waals surface area contributed by atoms with Crippen LogP contribution >= 0.6 is 11.5 Å². The molecule has 1 aliphatic heterocycles. The summed E-state index contributed by atoms with van der Waals surface area (Å²) in [6, 6.07) is 6.67. The molecular weight excluding hydrogens is 351 g/mol. The molecule has 1 atom stereocenters. The van der Waals surface area contributed by atoms with Crippen LogP contribution in [-0.4, -0.2) is 34.4 Å². The van der Waals surface area contributed by atoms with Crippen molar-refractivity contribution in [2.24, 2.45) is 5.92 Å². The number of aromatic nitrogens is 2. The second kappa shape index (κ2) is 8.58. The number of hydrogen-bond acceptors (Lipinski definition) is 5. The molecule has 0 radical (unpaired) electrons. The van der Waals surface area contributed by atoms with Gasteiger partial charge in [-0.2, -0.15) is 4.37 Å². The quantitative estimate of drug-likeness (QED) is 0.839. The highest BCUT2D eigenvalue weighted by Crippen LogP contribution is 2.25. The topological polar surface area (TPSA) is 58.1 Å². The Morgan fingerprint density at radius 2 is 2.04 bits per heavy atom. The van der Waals surface area contributed by atoms with Gasteiger partial charge in [-0.15, -0.1) is 0 Å². The highest BCUT2D eigenvalue weighted by Gasteiger charge is 2.27. The Labute approximate surface area is 157 Å². The summed E-state index contributed by atoms with van der Waals surface area (Å²) in [5.74, 6) is 0.786. The molecule has 0 unspecified atom stereocenters. The molecule has 5 nitrogen and oxygen atoms in total. The zero-order chi connectivity index (χ0) is 18.5. The predicted molar refractivity (Wildman–Crippen MR) is 102 cm³/mol. The summed E-state index contributed by atoms with van der Waals surface area (Å²) in [6.45, 7) is 5.76. The third-order valence-electron chi connectivity index (χ3n) is 4.87. The molecule has 2 aromatic rings. The molecule has 3 rings (SSSR count). The molecule has 1 aliphatic rings. The molecule has 0 saturated carbocycles. The van der Waals surface area contributed by atoms with E-state index in [0.717, 1.165) is 48.9 Å². The average molecular weight is 377 g/mol. The van der Waals surface area contributed by atoms with E-state index in [1.807, 2.05) is 6.92 Å². The summed E-state index contributed by atoms with van der Waals surface area (Å²) in [7, 11) is 0. The zero-order valence-electron chi connectivity index (χ0n) is 15.2. The van der Waals surface area contributed by atoms with Crippen LogP contribution in [0.15, 0.2) is 24.3 Å². The van der Waals surface area contributed by atoms with Crippen LogP contribution in [0, 0.1) is 11.7 Å². The number of benzene rings is 1. The smallest absolute Gasteiger partial charge is 0.223 e. The lowest BCUT2D eigenvalue weighted by molar-refractivity contribution is -0.126. The van der Waals surface area contributed by atoms with Gasteiger partial charge in [0.15, 0.2) is 0 Å². The minimum atomic E-state index is -0.235. The molecule has 7 heteroatoms. The number of piperidine rings is 1. The molecule has 26 heavy (non-hydrogen) atoms. The lowest BCUT2D eigenvalue weighted by atomic mass is 9.96. The molecule has 1 N–H and O–H groups in total. The van der Waals surface area contributed by atoms with E-state index in [-0.39, 0.29) is 23.7 Å². The van der Waals surface area contributed by atoms with Crippen molar-refractivity contribution in [2.45, 2.75) is 45.6 Å². The van der Waals surface area contributed by atoms with Crippen molar-refractivity contribution in [1.29, 1.82) is 0 Å². The Hall–Kier alpha value is -2.02. The number of carbonyl (C=O) groups excluding carboxylic acids is 1. The average Bonchev–Trinajstić information content (AvgIpc) is 3.12. The monoisotopic (exact) mass is 376 g/mol. The molecule has 0 aliphatic carbocycles. The van der Waals surface area contributed by atoms with Crippen LogP contribution in [0.4, 0.5) is 9.52 Å². The number of anilines is 1. The Morgan fingerprint density at radius 1 is 1.35 bits per heavy atom. The van der Waals surface area contributed by atoms with Gasteiger partial charge in [0.1, 0.15) is 11.6 Å². The van der Waals surface area contributed by atoms with Crippen LogP contribution < -0.4 is 10.2 Å². The number of nitrogens with zero attached hydrogens (tertiary/aromatic N) is 3. The maximum absolute atomic E-state index is 13.0. The highest BCUT2D eigenvalue weighted by molar-refractivity contribution is 7.09. The zero-order valence-corrected chi connectivity index (χ0v) is 16.1. The first-order chi connectivity index (χ1) is 12.5. The van der Waals surface area contributed by atoms with Crippen molar-refractivity contribution < 1.29 is 9.18 Å². The Bertz CT molecular complexity index is 725. The van der Waals surface area contributed by atoms with Gasteiger partial charge >= 0.3 is 0 Å². The molecule has 1 aromatic carbocycles. The van der Waals surface area contributed by atoms with Gasteiger partial charge < -0.3 is 10.2 Å². The van der Waals surface area contributed by atoms with E-state index in [2.05, 4.69) is 26.5 Å². The van der Waals surface area contributed by atoms with E-state index in [0.29, 0.717) is 6.42 Å². The fraction of sp³-hybridized carbons (Fsp3) is 0.526. The van der Waals surface area contributed by atoms with Gasteiger partial charge in [-0.3, -0.25) is 4.79 Å². The molecule has 0 bridgehead atoms. The largest absolute Gasteiger partial charge is 0.353 e. The standard InChI is InChI=1S/C19H25FN4OS/c1-3-13(2)21-18(25)15-8-10-24(11-9-15)19-22-17(23-26-19)12-14-4-6-16(20)7-5-14/h4-7,13,15H,3,8-12H2,1-2H3,(H,21,25)/t13-/m1/s1. The third-order valence-corrected chi connectivity index (χ3v) is 5.68. The van der Waals surface area contributed by atoms with Gasteiger partial charge in [-0.25, -0.2) is 9.37 Å². The lowest BCUT2D eigenvalue weighted by Gasteiger charge is -2.31. The Kier molecular flexibility index (Phi) is 6.19. The van der Waals surface area contributed by atoms with E-state index in [4.69, 9.17) is 0 Å². The maximum Gasteiger partial charge on any atom is 0.223 e. The second-order valence-corrected chi connectivity index (χ2v) is 7.61. The van der Waals surface area contributed by atoms with Gasteiger partial charge in [0.25, 0.3) is 0 Å². The molecule has 0 spiro atoms. The molecule has 2 heterocycles. The number of hydrogen-bond donors (Lipinski definition) is 1. The van der Waals surface area contributed by atoms with Gasteiger partial charge in [0.05, 0.1) is 0 Å². The van der Waals surface area contributed by atoms with Gasteiger partial charge in [0.2, 0.25) is 11.0 Å². The van der Waals surface area contributed by atoms with Crippen LogP contribution in [0.1, 0.15) is 44.5 Å². The van der Waals surface area contributed by atoms with Crippen molar-refractivity contribution in [1.82, 2.24) is 14.7 Å². The Balaban J connectivity index is 1.53. The molecule has 1 saturated heterocycles. The summed E-state index contributed by atoms with van der Waals surface area (Å²) in [5, 5.41) is 3.99. The first-order valence-electron chi connectivity index (χ1n) is 9.17. The first kappa shape index (κ1) is 18.8. The van der Waals surface area contributed by atoms with Crippen LogP contribution in [0.3, 0.4) is 0 Å². The fourth-order valence-electron chi connectivity index (χ4n) is 3.03. The van der Waals surface area contributed by atoms with Crippen LogP contribution in [0.5, 0.6) is 0 Å². The van der Waals surface area contributed by atoms with E-state index in [1.54, 1.807) is 12.1 Å². The van der Waals surface area contributed by atoms with Crippen molar-refractivity contribution in [2.75, 3.05) is 18.0 Å². The van der Waals surface area contributed by atoms with E-state index >= 15 is 0 Å².